The summed E-state index contributed by atoms with van der Waals surface area (Å²) in [7, 11) is 4.73. The van der Waals surface area contributed by atoms with E-state index in [2.05, 4.69) is 15.3 Å². The van der Waals surface area contributed by atoms with E-state index in [1.807, 2.05) is 18.2 Å². The van der Waals surface area contributed by atoms with Crippen LogP contribution in [0.15, 0.2) is 61.2 Å². The van der Waals surface area contributed by atoms with E-state index >= 15 is 0 Å². The molecule has 3 heterocycles. The number of hydrogen-bond donors (Lipinski definition) is 1. The molecular formula is C24H24N4O4. The van der Waals surface area contributed by atoms with Gasteiger partial charge in [-0.1, -0.05) is 12.1 Å². The molecule has 164 valence electrons. The van der Waals surface area contributed by atoms with Crippen LogP contribution in [0.2, 0.25) is 0 Å². The molecule has 3 aromatic rings. The van der Waals surface area contributed by atoms with Gasteiger partial charge in [-0.15, -0.1) is 0 Å². The lowest BCUT2D eigenvalue weighted by Gasteiger charge is -2.39. The van der Waals surface area contributed by atoms with Crippen molar-refractivity contribution in [1.29, 1.82) is 0 Å². The Morgan fingerprint density at radius 1 is 1.06 bits per heavy atom. The smallest absolute Gasteiger partial charge is 0.254 e. The Kier molecular flexibility index (Phi) is 6.02. The second-order valence-electron chi connectivity index (χ2n) is 7.50. The van der Waals surface area contributed by atoms with Gasteiger partial charge in [0.05, 0.1) is 26.2 Å². The zero-order valence-electron chi connectivity index (χ0n) is 18.1. The van der Waals surface area contributed by atoms with Crippen LogP contribution in [0.25, 0.3) is 0 Å². The first-order chi connectivity index (χ1) is 15.5. The van der Waals surface area contributed by atoms with Gasteiger partial charge < -0.3 is 19.7 Å². The minimum Gasteiger partial charge on any atom is -0.493 e. The highest BCUT2D eigenvalue weighted by molar-refractivity contribution is 6.02. The predicted molar refractivity (Wildman–Crippen MR) is 117 cm³/mol. The molecular weight excluding hydrogens is 408 g/mol. The van der Waals surface area contributed by atoms with Gasteiger partial charge in [0.1, 0.15) is 0 Å². The van der Waals surface area contributed by atoms with E-state index in [0.29, 0.717) is 29.2 Å². The summed E-state index contributed by atoms with van der Waals surface area (Å²) in [5.41, 5.74) is 2.65. The number of benzene rings is 1. The van der Waals surface area contributed by atoms with Gasteiger partial charge in [-0.3, -0.25) is 19.6 Å². The first-order valence-electron chi connectivity index (χ1n) is 10.1. The monoisotopic (exact) mass is 432 g/mol. The fourth-order valence-electron chi connectivity index (χ4n) is 4.10. The van der Waals surface area contributed by atoms with E-state index in [-0.39, 0.29) is 11.8 Å². The number of carbonyl (C=O) groups is 2. The summed E-state index contributed by atoms with van der Waals surface area (Å²) in [6, 6.07) is 10.2. The van der Waals surface area contributed by atoms with Gasteiger partial charge in [-0.05, 0) is 41.0 Å². The Labute approximate surface area is 186 Å². The van der Waals surface area contributed by atoms with Gasteiger partial charge in [0.25, 0.3) is 5.91 Å². The Morgan fingerprint density at radius 3 is 2.38 bits per heavy atom. The zero-order valence-corrected chi connectivity index (χ0v) is 18.1. The van der Waals surface area contributed by atoms with Gasteiger partial charge in [-0.25, -0.2) is 0 Å². The third-order valence-corrected chi connectivity index (χ3v) is 5.67. The maximum Gasteiger partial charge on any atom is 0.254 e. The predicted octanol–water partition coefficient (Wildman–Crippen LogP) is 2.72. The van der Waals surface area contributed by atoms with Crippen LogP contribution in [-0.2, 0) is 11.3 Å². The lowest BCUT2D eigenvalue weighted by atomic mass is 9.79. The molecule has 32 heavy (non-hydrogen) atoms. The molecule has 0 radical (unpaired) electrons. The van der Waals surface area contributed by atoms with E-state index in [4.69, 9.17) is 9.47 Å². The highest BCUT2D eigenvalue weighted by Crippen LogP contribution is 2.45. The number of fused-ring (bicyclic) bond motifs is 1. The molecule has 0 saturated heterocycles. The standard InChI is InChI=1S/C24H24N4O4/c1-28-22(16-7-5-9-26-14-16)21(23(29)27-13-15-6-4-8-25-12-15)17-10-19(31-2)20(32-3)11-18(17)24(28)30/h4-12,14,21-22H,13H2,1-3H3,(H,27,29)/t21-,22+/m0/s1. The molecule has 0 saturated carbocycles. The Bertz CT molecular complexity index is 1120. The average molecular weight is 432 g/mol. The van der Waals surface area contributed by atoms with Crippen LogP contribution in [0.1, 0.15) is 39.0 Å². The summed E-state index contributed by atoms with van der Waals surface area (Å²) in [4.78, 5) is 36.7. The highest BCUT2D eigenvalue weighted by Gasteiger charge is 2.43. The topological polar surface area (TPSA) is 93.7 Å². The zero-order chi connectivity index (χ0) is 22.7. The minimum absolute atomic E-state index is 0.203. The molecule has 1 N–H and O–H groups in total. The van der Waals surface area contributed by atoms with Crippen molar-refractivity contribution in [3.63, 3.8) is 0 Å². The fourth-order valence-corrected chi connectivity index (χ4v) is 4.10. The van der Waals surface area contributed by atoms with Crippen molar-refractivity contribution < 1.29 is 19.1 Å². The summed E-state index contributed by atoms with van der Waals surface area (Å²) in [6.07, 6.45) is 6.73. The molecule has 1 aliphatic rings. The molecule has 0 spiro atoms. The number of nitrogens with zero attached hydrogens (tertiary/aromatic N) is 3. The summed E-state index contributed by atoms with van der Waals surface area (Å²) in [6.45, 7) is 0.323. The summed E-state index contributed by atoms with van der Waals surface area (Å²) >= 11 is 0. The average Bonchev–Trinajstić information content (AvgIpc) is 2.84. The van der Waals surface area contributed by atoms with Crippen LogP contribution in [0.3, 0.4) is 0 Å². The molecule has 0 aliphatic carbocycles. The van der Waals surface area contributed by atoms with Crippen molar-refractivity contribution in [1.82, 2.24) is 20.2 Å². The summed E-state index contributed by atoms with van der Waals surface area (Å²) in [5.74, 6) is -0.198. The molecule has 8 nitrogen and oxygen atoms in total. The number of amides is 2. The van der Waals surface area contributed by atoms with Gasteiger partial charge in [0.2, 0.25) is 5.91 Å². The number of methoxy groups -OCH3 is 2. The number of nitrogens with one attached hydrogen (secondary N) is 1. The van der Waals surface area contributed by atoms with Crippen molar-refractivity contribution in [2.45, 2.75) is 18.5 Å². The molecule has 4 rings (SSSR count). The van der Waals surface area contributed by atoms with Crippen LogP contribution in [-0.4, -0.2) is 47.9 Å². The molecule has 0 bridgehead atoms. The minimum atomic E-state index is -0.673. The number of ether oxygens (including phenoxy) is 2. The first-order valence-corrected chi connectivity index (χ1v) is 10.1. The molecule has 2 amide bonds. The molecule has 0 fully saturated rings. The van der Waals surface area contributed by atoms with Gasteiger partial charge in [0, 0.05) is 43.9 Å². The second-order valence-corrected chi connectivity index (χ2v) is 7.50. The summed E-state index contributed by atoms with van der Waals surface area (Å²) < 4.78 is 10.8. The van der Waals surface area contributed by atoms with E-state index < -0.39 is 12.0 Å². The fraction of sp³-hybridized carbons (Fsp3) is 0.250. The molecule has 2 atom stereocenters. The number of aromatic nitrogens is 2. The van der Waals surface area contributed by atoms with Gasteiger partial charge >= 0.3 is 0 Å². The SMILES string of the molecule is COc1cc2c(cc1OC)[C@H](C(=O)NCc1cccnc1)[C@@H](c1cccnc1)N(C)C2=O. The van der Waals surface area contributed by atoms with Gasteiger partial charge in [-0.2, -0.15) is 0 Å². The van der Waals surface area contributed by atoms with Crippen molar-refractivity contribution in [3.8, 4) is 11.5 Å². The largest absolute Gasteiger partial charge is 0.493 e. The third kappa shape index (κ3) is 3.87. The van der Waals surface area contributed by atoms with Crippen LogP contribution >= 0.6 is 0 Å². The van der Waals surface area contributed by atoms with Gasteiger partial charge in [0.15, 0.2) is 11.5 Å². The normalized spacial score (nSPS) is 17.5. The van der Waals surface area contributed by atoms with Crippen molar-refractivity contribution in [2.24, 2.45) is 0 Å². The van der Waals surface area contributed by atoms with E-state index in [1.54, 1.807) is 54.9 Å². The van der Waals surface area contributed by atoms with Crippen LogP contribution in [0.5, 0.6) is 11.5 Å². The molecule has 2 aromatic heterocycles. The number of pyridine rings is 2. The van der Waals surface area contributed by atoms with Crippen LogP contribution in [0, 0.1) is 0 Å². The number of likely N-dealkylation sites (N-methyl/N-ethyl adjacent to an activating group) is 1. The highest BCUT2D eigenvalue weighted by atomic mass is 16.5. The quantitative estimate of drug-likeness (QED) is 0.644. The lowest BCUT2D eigenvalue weighted by Crippen LogP contribution is -2.45. The second kappa shape index (κ2) is 9.05. The molecule has 1 aliphatic heterocycles. The maximum absolute atomic E-state index is 13.6. The van der Waals surface area contributed by atoms with Crippen molar-refractivity contribution >= 4 is 11.8 Å². The maximum atomic E-state index is 13.6. The number of hydrogen-bond acceptors (Lipinski definition) is 6. The third-order valence-electron chi connectivity index (χ3n) is 5.67. The van der Waals surface area contributed by atoms with E-state index in [9.17, 15) is 9.59 Å². The molecule has 8 heteroatoms. The Hall–Kier alpha value is -3.94. The molecule has 1 aromatic carbocycles. The lowest BCUT2D eigenvalue weighted by molar-refractivity contribution is -0.124. The first kappa shape index (κ1) is 21.3. The Morgan fingerprint density at radius 2 is 1.75 bits per heavy atom. The van der Waals surface area contributed by atoms with Crippen LogP contribution < -0.4 is 14.8 Å². The number of rotatable bonds is 6. The van der Waals surface area contributed by atoms with E-state index in [1.165, 1.54) is 14.2 Å². The van der Waals surface area contributed by atoms with Crippen molar-refractivity contribution in [2.75, 3.05) is 21.3 Å². The van der Waals surface area contributed by atoms with Crippen LogP contribution in [0.4, 0.5) is 0 Å². The summed E-state index contributed by atoms with van der Waals surface area (Å²) in [5, 5.41) is 3.00. The Balaban J connectivity index is 1.80. The van der Waals surface area contributed by atoms with E-state index in [0.717, 1.165) is 11.1 Å². The number of carbonyl (C=O) groups excluding carboxylic acids is 2. The van der Waals surface area contributed by atoms with Crippen molar-refractivity contribution in [3.05, 3.63) is 83.4 Å². The molecule has 0 unspecified atom stereocenters.